The predicted molar refractivity (Wildman–Crippen MR) is 134 cm³/mol. The Morgan fingerprint density at radius 1 is 1.09 bits per heavy atom. The maximum absolute atomic E-state index is 13.3. The van der Waals surface area contributed by atoms with E-state index in [0.717, 1.165) is 15.7 Å². The zero-order chi connectivity index (χ0) is 24.4. The number of nitrogens with zero attached hydrogens (tertiary/aromatic N) is 2. The number of carbonyl (C=O) groups is 1. The lowest BCUT2D eigenvalue weighted by atomic mass is 10.2. The third kappa shape index (κ3) is 4.57. The van der Waals surface area contributed by atoms with Crippen molar-refractivity contribution in [1.29, 1.82) is 0 Å². The van der Waals surface area contributed by atoms with Gasteiger partial charge in [-0.1, -0.05) is 23.7 Å². The zero-order valence-corrected chi connectivity index (χ0v) is 20.3. The van der Waals surface area contributed by atoms with E-state index in [2.05, 4.69) is 5.32 Å². The molecule has 0 bridgehead atoms. The number of thiophene rings is 1. The molecule has 10 heteroatoms. The Morgan fingerprint density at radius 3 is 2.62 bits per heavy atom. The summed E-state index contributed by atoms with van der Waals surface area (Å²) < 4.78 is 13.4. The van der Waals surface area contributed by atoms with Crippen LogP contribution in [0.15, 0.2) is 57.4 Å². The molecule has 0 aliphatic rings. The van der Waals surface area contributed by atoms with Crippen molar-refractivity contribution >= 4 is 44.7 Å². The Bertz CT molecular complexity index is 1510. The van der Waals surface area contributed by atoms with Gasteiger partial charge in [-0.05, 0) is 47.7 Å². The highest BCUT2D eigenvalue weighted by Crippen LogP contribution is 2.31. The molecule has 1 amide bonds. The average Bonchev–Trinajstić information content (AvgIpc) is 3.32. The summed E-state index contributed by atoms with van der Waals surface area (Å²) in [6, 6.07) is 12.1. The minimum atomic E-state index is -0.576. The summed E-state index contributed by atoms with van der Waals surface area (Å²) in [6.45, 7) is 1.58. The van der Waals surface area contributed by atoms with Crippen molar-refractivity contribution < 1.29 is 14.3 Å². The van der Waals surface area contributed by atoms with Crippen LogP contribution in [0.1, 0.15) is 11.1 Å². The van der Waals surface area contributed by atoms with E-state index < -0.39 is 17.2 Å². The molecule has 0 atom stereocenters. The first-order valence-electron chi connectivity index (χ1n) is 10.3. The molecule has 1 N–H and O–H groups in total. The number of halogens is 1. The number of fused-ring (bicyclic) bond motifs is 1. The minimum absolute atomic E-state index is 0.0501. The van der Waals surface area contributed by atoms with Gasteiger partial charge < -0.3 is 14.8 Å². The van der Waals surface area contributed by atoms with Crippen molar-refractivity contribution in [3.63, 3.8) is 0 Å². The summed E-state index contributed by atoms with van der Waals surface area (Å²) in [4.78, 5) is 39.3. The van der Waals surface area contributed by atoms with Gasteiger partial charge >= 0.3 is 5.69 Å². The van der Waals surface area contributed by atoms with Crippen LogP contribution in [0.4, 0.5) is 5.69 Å². The van der Waals surface area contributed by atoms with Crippen molar-refractivity contribution in [3.05, 3.63) is 84.8 Å². The summed E-state index contributed by atoms with van der Waals surface area (Å²) >= 11 is 7.37. The lowest BCUT2D eigenvalue weighted by Gasteiger charge is -2.15. The molecule has 0 aliphatic carbocycles. The van der Waals surface area contributed by atoms with Crippen LogP contribution in [0.5, 0.6) is 11.5 Å². The molecule has 0 spiro atoms. The van der Waals surface area contributed by atoms with E-state index in [1.54, 1.807) is 55.0 Å². The highest BCUT2D eigenvalue weighted by atomic mass is 35.5. The molecule has 176 valence electrons. The van der Waals surface area contributed by atoms with Crippen LogP contribution in [0, 0.1) is 6.92 Å². The van der Waals surface area contributed by atoms with Gasteiger partial charge in [0, 0.05) is 11.1 Å². The first kappa shape index (κ1) is 23.6. The topological polar surface area (TPSA) is 91.6 Å². The van der Waals surface area contributed by atoms with Gasteiger partial charge in [-0.25, -0.2) is 4.79 Å². The quantitative estimate of drug-likeness (QED) is 0.416. The van der Waals surface area contributed by atoms with Crippen molar-refractivity contribution in [3.8, 4) is 11.5 Å². The third-order valence-electron chi connectivity index (χ3n) is 5.37. The summed E-state index contributed by atoms with van der Waals surface area (Å²) in [5.74, 6) is 0.579. The largest absolute Gasteiger partial charge is 0.497 e. The number of hydrogen-bond donors (Lipinski definition) is 1. The van der Waals surface area contributed by atoms with E-state index in [4.69, 9.17) is 21.1 Å². The Kier molecular flexibility index (Phi) is 6.76. The summed E-state index contributed by atoms with van der Waals surface area (Å²) in [5.41, 5.74) is 1.37. The van der Waals surface area contributed by atoms with Gasteiger partial charge in [0.2, 0.25) is 5.91 Å². The fourth-order valence-electron chi connectivity index (χ4n) is 3.64. The average molecular weight is 500 g/mol. The number of nitrogens with one attached hydrogen (secondary N) is 1. The summed E-state index contributed by atoms with van der Waals surface area (Å²) in [7, 11) is 3.02. The van der Waals surface area contributed by atoms with Gasteiger partial charge in [0.05, 0.1) is 32.0 Å². The number of amides is 1. The number of hydrogen-bond acceptors (Lipinski definition) is 6. The van der Waals surface area contributed by atoms with Gasteiger partial charge in [-0.15, -0.1) is 11.3 Å². The van der Waals surface area contributed by atoms with Crippen molar-refractivity contribution in [2.75, 3.05) is 19.5 Å². The molecule has 0 aliphatic heterocycles. The monoisotopic (exact) mass is 499 g/mol. The molecule has 2 aromatic heterocycles. The molecule has 4 rings (SSSR count). The van der Waals surface area contributed by atoms with Crippen LogP contribution in [-0.4, -0.2) is 29.3 Å². The third-order valence-corrected chi connectivity index (χ3v) is 6.67. The molecule has 0 unspecified atom stereocenters. The van der Waals surface area contributed by atoms with E-state index in [9.17, 15) is 14.4 Å². The lowest BCUT2D eigenvalue weighted by molar-refractivity contribution is -0.116. The molecule has 2 aromatic carbocycles. The van der Waals surface area contributed by atoms with E-state index >= 15 is 0 Å². The molecule has 34 heavy (non-hydrogen) atoms. The SMILES string of the molecule is COc1cccc(Cn2c(=O)c3sccc3n(CC(=O)Nc3cc(C)c(Cl)cc3OC)c2=O)c1. The van der Waals surface area contributed by atoms with E-state index in [1.807, 2.05) is 6.92 Å². The highest BCUT2D eigenvalue weighted by Gasteiger charge is 2.18. The Hall–Kier alpha value is -3.56. The van der Waals surface area contributed by atoms with Gasteiger partial charge in [-0.3, -0.25) is 18.7 Å². The molecule has 2 heterocycles. The molecular weight excluding hydrogens is 478 g/mol. The Labute approximate surface area is 203 Å². The van der Waals surface area contributed by atoms with Gasteiger partial charge in [0.25, 0.3) is 5.56 Å². The number of carbonyl (C=O) groups excluding carboxylic acids is 1. The van der Waals surface area contributed by atoms with Crippen LogP contribution >= 0.6 is 22.9 Å². The Balaban J connectivity index is 1.71. The molecular formula is C24H22ClN3O5S. The van der Waals surface area contributed by atoms with Crippen molar-refractivity contribution in [2.24, 2.45) is 0 Å². The number of aromatic nitrogens is 2. The van der Waals surface area contributed by atoms with Crippen LogP contribution in [-0.2, 0) is 17.9 Å². The lowest BCUT2D eigenvalue weighted by Crippen LogP contribution is -2.41. The molecule has 4 aromatic rings. The predicted octanol–water partition coefficient (Wildman–Crippen LogP) is 3.89. The summed E-state index contributed by atoms with van der Waals surface area (Å²) in [5, 5.41) is 5.01. The number of ether oxygens (including phenoxy) is 2. The standard InChI is InChI=1S/C24H22ClN3O5S/c1-14-9-18(20(33-3)11-17(14)25)26-21(29)13-27-19-7-8-34-22(19)23(30)28(24(27)31)12-15-5-4-6-16(10-15)32-2/h4-11H,12-13H2,1-3H3,(H,26,29). The number of aryl methyl sites for hydroxylation is 1. The molecule has 0 saturated heterocycles. The molecule has 0 saturated carbocycles. The van der Waals surface area contributed by atoms with E-state index in [-0.39, 0.29) is 13.1 Å². The number of rotatable bonds is 7. The smallest absolute Gasteiger partial charge is 0.332 e. The fourth-order valence-corrected chi connectivity index (χ4v) is 4.64. The van der Waals surface area contributed by atoms with Gasteiger partial charge in [0.1, 0.15) is 22.7 Å². The van der Waals surface area contributed by atoms with Crippen LogP contribution in [0.2, 0.25) is 5.02 Å². The van der Waals surface area contributed by atoms with Crippen molar-refractivity contribution in [1.82, 2.24) is 9.13 Å². The van der Waals surface area contributed by atoms with Crippen LogP contribution in [0.25, 0.3) is 10.2 Å². The second kappa shape index (κ2) is 9.74. The zero-order valence-electron chi connectivity index (χ0n) is 18.8. The summed E-state index contributed by atoms with van der Waals surface area (Å²) in [6.07, 6.45) is 0. The molecule has 8 nitrogen and oxygen atoms in total. The second-order valence-corrected chi connectivity index (χ2v) is 8.92. The highest BCUT2D eigenvalue weighted by molar-refractivity contribution is 7.17. The minimum Gasteiger partial charge on any atom is -0.497 e. The Morgan fingerprint density at radius 2 is 1.88 bits per heavy atom. The second-order valence-electron chi connectivity index (χ2n) is 7.60. The fraction of sp³-hybridized carbons (Fsp3) is 0.208. The number of benzene rings is 2. The van der Waals surface area contributed by atoms with Crippen LogP contribution < -0.4 is 26.0 Å². The first-order valence-corrected chi connectivity index (χ1v) is 11.6. The first-order chi connectivity index (χ1) is 16.3. The van der Waals surface area contributed by atoms with Crippen LogP contribution in [0.3, 0.4) is 0 Å². The van der Waals surface area contributed by atoms with Gasteiger partial charge in [-0.2, -0.15) is 0 Å². The molecule has 0 fully saturated rings. The van der Waals surface area contributed by atoms with Gasteiger partial charge in [0.15, 0.2) is 0 Å². The molecule has 0 radical (unpaired) electrons. The maximum Gasteiger partial charge on any atom is 0.332 e. The number of anilines is 1. The van der Waals surface area contributed by atoms with Crippen molar-refractivity contribution in [2.45, 2.75) is 20.0 Å². The maximum atomic E-state index is 13.3. The van der Waals surface area contributed by atoms with E-state index in [0.29, 0.717) is 32.4 Å². The normalized spacial score (nSPS) is 10.9. The number of methoxy groups -OCH3 is 2. The van der Waals surface area contributed by atoms with E-state index in [1.165, 1.54) is 23.0 Å².